The second kappa shape index (κ2) is 8.52. The van der Waals surface area contributed by atoms with E-state index in [1.807, 2.05) is 0 Å². The Hall–Kier alpha value is -0.620. The Labute approximate surface area is 97.9 Å². The number of hydrogen-bond acceptors (Lipinski definition) is 4. The number of unbranched alkanes of at least 4 members (excludes halogenated alkanes) is 1. The fourth-order valence-corrected chi connectivity index (χ4v) is 1.79. The molecule has 0 unspecified atom stereocenters. The minimum absolute atomic E-state index is 0.0812. The molecule has 0 aliphatic heterocycles. The summed E-state index contributed by atoms with van der Waals surface area (Å²) >= 11 is 0. The molecule has 0 fully saturated rings. The molecule has 0 rings (SSSR count). The summed E-state index contributed by atoms with van der Waals surface area (Å²) in [6, 6.07) is 0. The maximum atomic E-state index is 11.2. The molecule has 0 atom stereocenters. The van der Waals surface area contributed by atoms with E-state index in [1.165, 1.54) is 0 Å². The maximum absolute atomic E-state index is 11.2. The van der Waals surface area contributed by atoms with E-state index in [0.29, 0.717) is 13.1 Å². The first-order valence-corrected chi connectivity index (χ1v) is 7.51. The molecule has 0 aromatic carbocycles. The summed E-state index contributed by atoms with van der Waals surface area (Å²) in [4.78, 5) is 11.2. The van der Waals surface area contributed by atoms with Crippen LogP contribution in [-0.4, -0.2) is 45.5 Å². The van der Waals surface area contributed by atoms with Crippen molar-refractivity contribution in [3.05, 3.63) is 0 Å². The van der Waals surface area contributed by atoms with Gasteiger partial charge in [-0.15, -0.1) is 0 Å². The van der Waals surface area contributed by atoms with E-state index in [0.717, 1.165) is 12.8 Å². The van der Waals surface area contributed by atoms with Gasteiger partial charge in [0.25, 0.3) is 0 Å². The molecular weight excluding hydrogens is 228 g/mol. The summed E-state index contributed by atoms with van der Waals surface area (Å²) < 4.78 is 22.2. The molecule has 0 bridgehead atoms. The van der Waals surface area contributed by atoms with Crippen LogP contribution in [0.2, 0.25) is 0 Å². The van der Waals surface area contributed by atoms with Crippen molar-refractivity contribution in [2.24, 2.45) is 0 Å². The summed E-state index contributed by atoms with van der Waals surface area (Å²) in [7, 11) is -2.93. The summed E-state index contributed by atoms with van der Waals surface area (Å²) in [6.07, 6.45) is 2.01. The maximum Gasteiger partial charge on any atom is 0.233 e. The number of hydrogen-bond donors (Lipinski definition) is 2. The molecule has 0 aliphatic carbocycles. The van der Waals surface area contributed by atoms with Gasteiger partial charge in [0, 0.05) is 18.8 Å². The first-order chi connectivity index (χ1) is 7.52. The highest BCUT2D eigenvalue weighted by atomic mass is 32.2. The van der Waals surface area contributed by atoms with E-state index in [9.17, 15) is 13.2 Å². The van der Waals surface area contributed by atoms with Gasteiger partial charge >= 0.3 is 0 Å². The lowest BCUT2D eigenvalue weighted by Crippen LogP contribution is -2.36. The molecular formula is C10H22N2O3S. The van der Waals surface area contributed by atoms with Gasteiger partial charge in [-0.05, 0) is 6.42 Å². The van der Waals surface area contributed by atoms with Crippen molar-refractivity contribution in [3.8, 4) is 0 Å². The van der Waals surface area contributed by atoms with Gasteiger partial charge in [0.15, 0.2) is 9.84 Å². The van der Waals surface area contributed by atoms with Crippen LogP contribution in [0.15, 0.2) is 0 Å². The fourth-order valence-electron chi connectivity index (χ4n) is 1.04. The monoisotopic (exact) mass is 250 g/mol. The second-order valence-electron chi connectivity index (χ2n) is 3.62. The molecule has 96 valence electrons. The number of rotatable bonds is 9. The third kappa shape index (κ3) is 8.67. The lowest BCUT2D eigenvalue weighted by molar-refractivity contribution is -0.120. The third-order valence-electron chi connectivity index (χ3n) is 2.17. The first-order valence-electron chi connectivity index (χ1n) is 5.69. The Balaban J connectivity index is 3.48. The molecule has 0 heterocycles. The van der Waals surface area contributed by atoms with Crippen LogP contribution < -0.4 is 10.6 Å². The van der Waals surface area contributed by atoms with Crippen molar-refractivity contribution in [3.63, 3.8) is 0 Å². The van der Waals surface area contributed by atoms with Crippen LogP contribution in [0.5, 0.6) is 0 Å². The van der Waals surface area contributed by atoms with E-state index in [2.05, 4.69) is 17.6 Å². The molecule has 6 heteroatoms. The van der Waals surface area contributed by atoms with Crippen molar-refractivity contribution in [1.82, 2.24) is 10.6 Å². The highest BCUT2D eigenvalue weighted by molar-refractivity contribution is 7.91. The highest BCUT2D eigenvalue weighted by Gasteiger charge is 2.06. The van der Waals surface area contributed by atoms with Crippen LogP contribution in [0.3, 0.4) is 0 Å². The Morgan fingerprint density at radius 1 is 1.19 bits per heavy atom. The lowest BCUT2D eigenvalue weighted by Gasteiger charge is -2.06. The van der Waals surface area contributed by atoms with E-state index < -0.39 is 9.84 Å². The fraction of sp³-hybridized carbons (Fsp3) is 0.900. The zero-order valence-corrected chi connectivity index (χ0v) is 10.9. The van der Waals surface area contributed by atoms with Crippen molar-refractivity contribution in [2.75, 3.05) is 31.1 Å². The molecule has 5 nitrogen and oxygen atoms in total. The van der Waals surface area contributed by atoms with E-state index in [-0.39, 0.29) is 24.0 Å². The zero-order chi connectivity index (χ0) is 12.4. The van der Waals surface area contributed by atoms with Crippen LogP contribution in [0.1, 0.15) is 26.7 Å². The second-order valence-corrected chi connectivity index (χ2v) is 6.09. The Bertz CT molecular complexity index is 288. The molecule has 1 amide bonds. The largest absolute Gasteiger partial charge is 0.355 e. The van der Waals surface area contributed by atoms with E-state index >= 15 is 0 Å². The number of nitrogens with one attached hydrogen (secondary N) is 2. The lowest BCUT2D eigenvalue weighted by atomic mass is 10.3. The SMILES string of the molecule is CCCCNC(=O)CNCCS(=O)(=O)CC. The zero-order valence-electron chi connectivity index (χ0n) is 10.1. The molecule has 0 aromatic heterocycles. The van der Waals surface area contributed by atoms with Crippen LogP contribution in [0.25, 0.3) is 0 Å². The Kier molecular flexibility index (Phi) is 8.19. The standard InChI is InChI=1S/C10H22N2O3S/c1-3-5-6-12-10(13)9-11-7-8-16(14,15)4-2/h11H,3-9H2,1-2H3,(H,12,13). The average molecular weight is 250 g/mol. The average Bonchev–Trinajstić information content (AvgIpc) is 2.25. The van der Waals surface area contributed by atoms with Gasteiger partial charge in [0.05, 0.1) is 12.3 Å². The summed E-state index contributed by atoms with van der Waals surface area (Å²) in [5.74, 6) is 0.158. The third-order valence-corrected chi connectivity index (χ3v) is 3.87. The number of carbonyl (C=O) groups is 1. The van der Waals surface area contributed by atoms with Crippen LogP contribution in [0, 0.1) is 0 Å². The van der Waals surface area contributed by atoms with Gasteiger partial charge < -0.3 is 10.6 Å². The van der Waals surface area contributed by atoms with Crippen molar-refractivity contribution < 1.29 is 13.2 Å². The molecule has 0 saturated heterocycles. The predicted molar refractivity (Wildman–Crippen MR) is 65.1 cm³/mol. The molecule has 0 aromatic rings. The smallest absolute Gasteiger partial charge is 0.233 e. The minimum atomic E-state index is -2.93. The van der Waals surface area contributed by atoms with Crippen molar-refractivity contribution >= 4 is 15.7 Å². The van der Waals surface area contributed by atoms with Gasteiger partial charge in [-0.2, -0.15) is 0 Å². The Morgan fingerprint density at radius 2 is 1.88 bits per heavy atom. The number of carbonyl (C=O) groups excluding carboxylic acids is 1. The molecule has 0 aliphatic rings. The minimum Gasteiger partial charge on any atom is -0.355 e. The number of amides is 1. The van der Waals surface area contributed by atoms with Gasteiger partial charge in [0.2, 0.25) is 5.91 Å². The first kappa shape index (κ1) is 15.4. The Morgan fingerprint density at radius 3 is 2.44 bits per heavy atom. The van der Waals surface area contributed by atoms with Crippen LogP contribution in [-0.2, 0) is 14.6 Å². The molecule has 2 N–H and O–H groups in total. The molecule has 0 saturated carbocycles. The van der Waals surface area contributed by atoms with E-state index in [4.69, 9.17) is 0 Å². The van der Waals surface area contributed by atoms with Crippen LogP contribution >= 0.6 is 0 Å². The molecule has 16 heavy (non-hydrogen) atoms. The van der Waals surface area contributed by atoms with Crippen LogP contribution in [0.4, 0.5) is 0 Å². The van der Waals surface area contributed by atoms with Gasteiger partial charge in [-0.3, -0.25) is 4.79 Å². The number of sulfone groups is 1. The van der Waals surface area contributed by atoms with Gasteiger partial charge in [0.1, 0.15) is 0 Å². The van der Waals surface area contributed by atoms with Crippen molar-refractivity contribution in [2.45, 2.75) is 26.7 Å². The normalized spacial score (nSPS) is 11.4. The van der Waals surface area contributed by atoms with Gasteiger partial charge in [-0.1, -0.05) is 20.3 Å². The van der Waals surface area contributed by atoms with Crippen molar-refractivity contribution in [1.29, 1.82) is 0 Å². The molecule has 0 spiro atoms. The molecule has 0 radical (unpaired) electrons. The highest BCUT2D eigenvalue weighted by Crippen LogP contribution is 1.86. The summed E-state index contributed by atoms with van der Waals surface area (Å²) in [5, 5.41) is 5.56. The topological polar surface area (TPSA) is 75.3 Å². The van der Waals surface area contributed by atoms with E-state index in [1.54, 1.807) is 6.92 Å². The van der Waals surface area contributed by atoms with Gasteiger partial charge in [-0.25, -0.2) is 8.42 Å². The summed E-state index contributed by atoms with van der Waals surface area (Å²) in [6.45, 7) is 4.87. The predicted octanol–water partition coefficient (Wildman–Crippen LogP) is -0.0730. The summed E-state index contributed by atoms with van der Waals surface area (Å²) in [5.41, 5.74) is 0. The quantitative estimate of drug-likeness (QED) is 0.562.